The highest BCUT2D eigenvalue weighted by Gasteiger charge is 2.27. The summed E-state index contributed by atoms with van der Waals surface area (Å²) < 4.78 is 14.7. The standard InChI is InChI=1S/C25H30FNO2/c1-24(2,3)22(28)16-7-9-18-13-27(15-20(18)11-16)14-19-10-8-17(12-21(19)26)23(29)25(4,5)6/h7-12H,13-15H2,1-6H3. The molecular weight excluding hydrogens is 365 g/mol. The summed E-state index contributed by atoms with van der Waals surface area (Å²) in [5.74, 6) is -0.281. The fourth-order valence-corrected chi connectivity index (χ4v) is 3.64. The molecular formula is C25H30FNO2. The number of halogens is 1. The van der Waals surface area contributed by atoms with Crippen LogP contribution in [0.4, 0.5) is 4.39 Å². The first-order valence-corrected chi connectivity index (χ1v) is 10.1. The lowest BCUT2D eigenvalue weighted by atomic mass is 9.86. The Kier molecular flexibility index (Phi) is 5.52. The Morgan fingerprint density at radius 2 is 1.34 bits per heavy atom. The molecule has 0 amide bonds. The van der Waals surface area contributed by atoms with Gasteiger partial charge in [0.1, 0.15) is 5.82 Å². The summed E-state index contributed by atoms with van der Waals surface area (Å²) in [4.78, 5) is 27.1. The zero-order valence-corrected chi connectivity index (χ0v) is 18.2. The van der Waals surface area contributed by atoms with E-state index in [1.54, 1.807) is 12.1 Å². The third kappa shape index (κ3) is 4.64. The number of fused-ring (bicyclic) bond motifs is 1. The van der Waals surface area contributed by atoms with Crippen LogP contribution >= 0.6 is 0 Å². The minimum atomic E-state index is -0.535. The lowest BCUT2D eigenvalue weighted by Gasteiger charge is -2.18. The second-order valence-corrected chi connectivity index (χ2v) is 10.1. The molecule has 0 bridgehead atoms. The monoisotopic (exact) mass is 395 g/mol. The lowest BCUT2D eigenvalue weighted by Crippen LogP contribution is -2.21. The summed E-state index contributed by atoms with van der Waals surface area (Å²) in [6, 6.07) is 10.7. The largest absolute Gasteiger partial charge is 0.294 e. The van der Waals surface area contributed by atoms with Gasteiger partial charge < -0.3 is 0 Å². The summed E-state index contributed by atoms with van der Waals surface area (Å²) >= 11 is 0. The topological polar surface area (TPSA) is 37.4 Å². The van der Waals surface area contributed by atoms with Gasteiger partial charge in [-0.25, -0.2) is 4.39 Å². The van der Waals surface area contributed by atoms with Gasteiger partial charge in [-0.3, -0.25) is 14.5 Å². The van der Waals surface area contributed by atoms with Crippen LogP contribution < -0.4 is 0 Å². The van der Waals surface area contributed by atoms with Gasteiger partial charge in [-0.15, -0.1) is 0 Å². The Balaban J connectivity index is 1.74. The Labute approximate surface area is 172 Å². The summed E-state index contributed by atoms with van der Waals surface area (Å²) in [6.45, 7) is 13.1. The highest BCUT2D eigenvalue weighted by Crippen LogP contribution is 2.29. The van der Waals surface area contributed by atoms with Gasteiger partial charge >= 0.3 is 0 Å². The molecule has 154 valence electrons. The summed E-state index contributed by atoms with van der Waals surface area (Å²) in [5.41, 5.74) is 3.07. The fourth-order valence-electron chi connectivity index (χ4n) is 3.64. The predicted molar refractivity (Wildman–Crippen MR) is 113 cm³/mol. The van der Waals surface area contributed by atoms with E-state index >= 15 is 0 Å². The molecule has 0 unspecified atom stereocenters. The molecule has 2 aromatic rings. The van der Waals surface area contributed by atoms with Crippen molar-refractivity contribution in [1.29, 1.82) is 0 Å². The summed E-state index contributed by atoms with van der Waals surface area (Å²) in [7, 11) is 0. The first kappa shape index (κ1) is 21.4. The number of nitrogens with zero attached hydrogens (tertiary/aromatic N) is 1. The van der Waals surface area contributed by atoms with E-state index in [1.807, 2.05) is 59.7 Å². The smallest absolute Gasteiger partial charge is 0.168 e. The first-order valence-electron chi connectivity index (χ1n) is 10.1. The summed E-state index contributed by atoms with van der Waals surface area (Å²) in [6.07, 6.45) is 0. The molecule has 0 saturated carbocycles. The lowest BCUT2D eigenvalue weighted by molar-refractivity contribution is 0.0852. The molecule has 0 spiro atoms. The number of benzene rings is 2. The Hall–Kier alpha value is -2.33. The molecule has 2 aromatic carbocycles. The van der Waals surface area contributed by atoms with E-state index in [4.69, 9.17) is 0 Å². The molecule has 1 heterocycles. The van der Waals surface area contributed by atoms with Gasteiger partial charge in [-0.1, -0.05) is 65.8 Å². The SMILES string of the molecule is CC(C)(C)C(=O)c1ccc(CN2Cc3ccc(C(=O)C(C)(C)C)cc3C2)c(F)c1. The van der Waals surface area contributed by atoms with Crippen molar-refractivity contribution in [2.45, 2.75) is 61.2 Å². The quantitative estimate of drug-likeness (QED) is 0.614. The highest BCUT2D eigenvalue weighted by atomic mass is 19.1. The zero-order chi connectivity index (χ0) is 21.6. The molecule has 0 N–H and O–H groups in total. The number of hydrogen-bond donors (Lipinski definition) is 0. The average molecular weight is 396 g/mol. The molecule has 0 aromatic heterocycles. The van der Waals surface area contributed by atoms with Gasteiger partial charge in [-0.05, 0) is 23.3 Å². The molecule has 4 heteroatoms. The second kappa shape index (κ2) is 7.49. The van der Waals surface area contributed by atoms with Gasteiger partial charge in [0.15, 0.2) is 11.6 Å². The van der Waals surface area contributed by atoms with Gasteiger partial charge in [0.25, 0.3) is 0 Å². The van der Waals surface area contributed by atoms with Gasteiger partial charge in [-0.2, -0.15) is 0 Å². The van der Waals surface area contributed by atoms with E-state index in [0.29, 0.717) is 24.2 Å². The van der Waals surface area contributed by atoms with Crippen LogP contribution in [0.2, 0.25) is 0 Å². The molecule has 29 heavy (non-hydrogen) atoms. The maximum Gasteiger partial charge on any atom is 0.168 e. The maximum atomic E-state index is 14.7. The van der Waals surface area contributed by atoms with Crippen LogP contribution in [0, 0.1) is 16.6 Å². The van der Waals surface area contributed by atoms with Crippen molar-refractivity contribution in [3.8, 4) is 0 Å². The fraction of sp³-hybridized carbons (Fsp3) is 0.440. The Morgan fingerprint density at radius 3 is 1.90 bits per heavy atom. The van der Waals surface area contributed by atoms with E-state index in [-0.39, 0.29) is 17.4 Å². The number of carbonyl (C=O) groups is 2. The molecule has 0 saturated heterocycles. The van der Waals surface area contributed by atoms with Gasteiger partial charge in [0, 0.05) is 47.2 Å². The van der Waals surface area contributed by atoms with Crippen LogP contribution in [0.5, 0.6) is 0 Å². The molecule has 0 fully saturated rings. The van der Waals surface area contributed by atoms with Crippen LogP contribution in [-0.4, -0.2) is 16.5 Å². The number of ketones is 2. The minimum absolute atomic E-state index is 0.0624. The molecule has 1 aliphatic rings. The van der Waals surface area contributed by atoms with Crippen molar-refractivity contribution in [3.05, 3.63) is 70.0 Å². The average Bonchev–Trinajstić information content (AvgIpc) is 3.02. The van der Waals surface area contributed by atoms with Crippen molar-refractivity contribution in [3.63, 3.8) is 0 Å². The van der Waals surface area contributed by atoms with Crippen molar-refractivity contribution < 1.29 is 14.0 Å². The van der Waals surface area contributed by atoms with Crippen LogP contribution in [-0.2, 0) is 19.6 Å². The van der Waals surface area contributed by atoms with E-state index in [1.165, 1.54) is 11.6 Å². The molecule has 0 radical (unpaired) electrons. The first-order chi connectivity index (χ1) is 13.4. The second-order valence-electron chi connectivity index (χ2n) is 10.1. The number of rotatable bonds is 4. The summed E-state index contributed by atoms with van der Waals surface area (Å²) in [5, 5.41) is 0. The van der Waals surface area contributed by atoms with Crippen molar-refractivity contribution in [1.82, 2.24) is 4.90 Å². The zero-order valence-electron chi connectivity index (χ0n) is 18.2. The van der Waals surface area contributed by atoms with Crippen LogP contribution in [0.3, 0.4) is 0 Å². The number of carbonyl (C=O) groups excluding carboxylic acids is 2. The van der Waals surface area contributed by atoms with E-state index in [2.05, 4.69) is 4.90 Å². The van der Waals surface area contributed by atoms with Crippen molar-refractivity contribution >= 4 is 11.6 Å². The highest BCUT2D eigenvalue weighted by molar-refractivity contribution is 6.00. The molecule has 1 aliphatic heterocycles. The Morgan fingerprint density at radius 1 is 0.828 bits per heavy atom. The van der Waals surface area contributed by atoms with Gasteiger partial charge in [0.2, 0.25) is 0 Å². The third-order valence-corrected chi connectivity index (χ3v) is 5.33. The Bertz CT molecular complexity index is 964. The normalized spacial score (nSPS) is 14.7. The van der Waals surface area contributed by atoms with Crippen LogP contribution in [0.25, 0.3) is 0 Å². The molecule has 0 atom stereocenters. The van der Waals surface area contributed by atoms with E-state index in [0.717, 1.165) is 17.7 Å². The maximum absolute atomic E-state index is 14.7. The predicted octanol–water partition coefficient (Wildman–Crippen LogP) is 5.80. The van der Waals surface area contributed by atoms with Crippen molar-refractivity contribution in [2.75, 3.05) is 0 Å². The van der Waals surface area contributed by atoms with Crippen LogP contribution in [0.15, 0.2) is 36.4 Å². The van der Waals surface area contributed by atoms with E-state index < -0.39 is 10.8 Å². The van der Waals surface area contributed by atoms with E-state index in [9.17, 15) is 14.0 Å². The number of hydrogen-bond acceptors (Lipinski definition) is 3. The molecule has 0 aliphatic carbocycles. The molecule has 3 rings (SSSR count). The van der Waals surface area contributed by atoms with Gasteiger partial charge in [0.05, 0.1) is 0 Å². The number of Topliss-reactive ketones (excluding diaryl/α,β-unsaturated/α-hetero) is 2. The third-order valence-electron chi connectivity index (χ3n) is 5.33. The molecule has 3 nitrogen and oxygen atoms in total. The van der Waals surface area contributed by atoms with Crippen LogP contribution in [0.1, 0.15) is 78.9 Å². The minimum Gasteiger partial charge on any atom is -0.294 e. The van der Waals surface area contributed by atoms with Crippen molar-refractivity contribution in [2.24, 2.45) is 10.8 Å².